The summed E-state index contributed by atoms with van der Waals surface area (Å²) < 4.78 is 5.48. The predicted octanol–water partition coefficient (Wildman–Crippen LogP) is 4.34. The zero-order chi connectivity index (χ0) is 23.6. The number of benzene rings is 2. The first-order valence-electron chi connectivity index (χ1n) is 11.0. The van der Waals surface area contributed by atoms with Crippen molar-refractivity contribution in [2.45, 2.75) is 58.8 Å². The highest BCUT2D eigenvalue weighted by Gasteiger charge is 2.17. The Morgan fingerprint density at radius 1 is 0.875 bits per heavy atom. The molecular formula is C25H33N3O4. The van der Waals surface area contributed by atoms with E-state index >= 15 is 0 Å². The summed E-state index contributed by atoms with van der Waals surface area (Å²) in [6, 6.07) is 14.1. The quantitative estimate of drug-likeness (QED) is 0.480. The molecule has 0 bridgehead atoms. The van der Waals surface area contributed by atoms with Gasteiger partial charge in [-0.2, -0.15) is 0 Å². The SMILES string of the molecule is CCCCC(=O)Nc1ccc(C(=O)NNC(=O)COc2ccc(C(C)(C)CC)cc2)cc1. The number of amides is 3. The molecule has 0 aliphatic rings. The Bertz CT molecular complexity index is 906. The average Bonchev–Trinajstić information content (AvgIpc) is 2.80. The summed E-state index contributed by atoms with van der Waals surface area (Å²) >= 11 is 0. The number of nitrogens with one attached hydrogen (secondary N) is 3. The molecule has 0 atom stereocenters. The molecule has 3 N–H and O–H groups in total. The fourth-order valence-electron chi connectivity index (χ4n) is 2.86. The topological polar surface area (TPSA) is 96.5 Å². The van der Waals surface area contributed by atoms with Crippen molar-refractivity contribution in [3.63, 3.8) is 0 Å². The van der Waals surface area contributed by atoms with Crippen LogP contribution in [0.4, 0.5) is 5.69 Å². The lowest BCUT2D eigenvalue weighted by molar-refractivity contribution is -0.123. The van der Waals surface area contributed by atoms with Crippen molar-refractivity contribution in [2.75, 3.05) is 11.9 Å². The zero-order valence-corrected chi connectivity index (χ0v) is 19.3. The molecule has 0 radical (unpaired) electrons. The molecule has 0 spiro atoms. The Morgan fingerprint density at radius 3 is 2.12 bits per heavy atom. The number of carbonyl (C=O) groups is 3. The van der Waals surface area contributed by atoms with Gasteiger partial charge in [0.1, 0.15) is 5.75 Å². The number of ether oxygens (including phenoxy) is 1. The van der Waals surface area contributed by atoms with Crippen LogP contribution in [0.25, 0.3) is 0 Å². The van der Waals surface area contributed by atoms with Gasteiger partial charge >= 0.3 is 0 Å². The van der Waals surface area contributed by atoms with Gasteiger partial charge in [-0.3, -0.25) is 25.2 Å². The third kappa shape index (κ3) is 7.72. The highest BCUT2D eigenvalue weighted by Crippen LogP contribution is 2.28. The summed E-state index contributed by atoms with van der Waals surface area (Å²) in [5, 5.41) is 2.78. The molecule has 0 aliphatic carbocycles. The van der Waals surface area contributed by atoms with E-state index in [9.17, 15) is 14.4 Å². The summed E-state index contributed by atoms with van der Waals surface area (Å²) in [7, 11) is 0. The monoisotopic (exact) mass is 439 g/mol. The minimum Gasteiger partial charge on any atom is -0.484 e. The van der Waals surface area contributed by atoms with E-state index < -0.39 is 11.8 Å². The lowest BCUT2D eigenvalue weighted by Crippen LogP contribution is -2.43. The van der Waals surface area contributed by atoms with Gasteiger partial charge in [0.05, 0.1) is 0 Å². The summed E-state index contributed by atoms with van der Waals surface area (Å²) in [6.07, 6.45) is 3.27. The number of rotatable bonds is 10. The van der Waals surface area contributed by atoms with E-state index in [1.807, 2.05) is 31.2 Å². The number of hydrogen-bond acceptors (Lipinski definition) is 4. The Kier molecular flexibility index (Phi) is 9.25. The first-order chi connectivity index (χ1) is 15.2. The molecule has 0 saturated carbocycles. The van der Waals surface area contributed by atoms with Crippen molar-refractivity contribution in [3.05, 3.63) is 59.7 Å². The van der Waals surface area contributed by atoms with Crippen LogP contribution in [0, 0.1) is 0 Å². The normalized spacial score (nSPS) is 10.9. The van der Waals surface area contributed by atoms with Gasteiger partial charge in [0.2, 0.25) is 5.91 Å². The molecule has 172 valence electrons. The molecule has 0 unspecified atom stereocenters. The maximum atomic E-state index is 12.2. The highest BCUT2D eigenvalue weighted by atomic mass is 16.5. The fraction of sp³-hybridized carbons (Fsp3) is 0.400. The third-order valence-corrected chi connectivity index (χ3v) is 5.39. The van der Waals surface area contributed by atoms with Crippen molar-refractivity contribution in [3.8, 4) is 5.75 Å². The average molecular weight is 440 g/mol. The first kappa shape index (κ1) is 24.9. The Balaban J connectivity index is 1.76. The second kappa shape index (κ2) is 11.9. The third-order valence-electron chi connectivity index (χ3n) is 5.39. The van der Waals surface area contributed by atoms with Crippen LogP contribution >= 0.6 is 0 Å². The summed E-state index contributed by atoms with van der Waals surface area (Å²) in [4.78, 5) is 35.9. The van der Waals surface area contributed by atoms with Crippen LogP contribution in [-0.2, 0) is 15.0 Å². The van der Waals surface area contributed by atoms with E-state index in [0.29, 0.717) is 23.4 Å². The highest BCUT2D eigenvalue weighted by molar-refractivity contribution is 5.96. The van der Waals surface area contributed by atoms with Crippen LogP contribution in [0.2, 0.25) is 0 Å². The molecule has 2 aromatic carbocycles. The van der Waals surface area contributed by atoms with Gasteiger partial charge in [-0.1, -0.05) is 46.2 Å². The van der Waals surface area contributed by atoms with Gasteiger partial charge in [-0.15, -0.1) is 0 Å². The van der Waals surface area contributed by atoms with Crippen LogP contribution in [-0.4, -0.2) is 24.3 Å². The molecule has 7 nitrogen and oxygen atoms in total. The fourth-order valence-corrected chi connectivity index (χ4v) is 2.86. The number of hydrazine groups is 1. The molecule has 2 rings (SSSR count). The van der Waals surface area contributed by atoms with Crippen molar-refractivity contribution in [2.24, 2.45) is 0 Å². The molecule has 0 aromatic heterocycles. The maximum absolute atomic E-state index is 12.2. The largest absolute Gasteiger partial charge is 0.484 e. The molecular weight excluding hydrogens is 406 g/mol. The standard InChI is InChI=1S/C25H33N3O4/c1-5-7-8-22(29)26-20-13-9-18(10-14-20)24(31)28-27-23(30)17-32-21-15-11-19(12-16-21)25(3,4)6-2/h9-16H,5-8,17H2,1-4H3,(H,26,29)(H,27,30)(H,28,31). The summed E-state index contributed by atoms with van der Waals surface area (Å²) in [6.45, 7) is 8.30. The van der Waals surface area contributed by atoms with Gasteiger partial charge in [-0.05, 0) is 60.2 Å². The van der Waals surface area contributed by atoms with E-state index in [4.69, 9.17) is 4.74 Å². The Labute approximate surface area is 189 Å². The Morgan fingerprint density at radius 2 is 1.53 bits per heavy atom. The summed E-state index contributed by atoms with van der Waals surface area (Å²) in [5.41, 5.74) is 6.95. The van der Waals surface area contributed by atoms with E-state index in [0.717, 1.165) is 19.3 Å². The maximum Gasteiger partial charge on any atom is 0.276 e. The van der Waals surface area contributed by atoms with Crippen LogP contribution < -0.4 is 20.9 Å². The van der Waals surface area contributed by atoms with Gasteiger partial charge in [0.25, 0.3) is 11.8 Å². The van der Waals surface area contributed by atoms with Gasteiger partial charge < -0.3 is 10.1 Å². The lowest BCUT2D eigenvalue weighted by Gasteiger charge is -2.23. The smallest absolute Gasteiger partial charge is 0.276 e. The first-order valence-corrected chi connectivity index (χ1v) is 11.0. The molecule has 7 heteroatoms. The number of anilines is 1. The Hall–Kier alpha value is -3.35. The van der Waals surface area contributed by atoms with Crippen LogP contribution in [0.1, 0.15) is 69.3 Å². The molecule has 0 saturated heterocycles. The van der Waals surface area contributed by atoms with Crippen molar-refractivity contribution < 1.29 is 19.1 Å². The van der Waals surface area contributed by atoms with Gasteiger partial charge in [0, 0.05) is 17.7 Å². The van der Waals surface area contributed by atoms with Crippen LogP contribution in [0.15, 0.2) is 48.5 Å². The van der Waals surface area contributed by atoms with Gasteiger partial charge in [-0.25, -0.2) is 0 Å². The predicted molar refractivity (Wildman–Crippen MR) is 125 cm³/mol. The van der Waals surface area contributed by atoms with Crippen LogP contribution in [0.3, 0.4) is 0 Å². The molecule has 0 aliphatic heterocycles. The minimum absolute atomic E-state index is 0.0555. The number of carbonyl (C=O) groups excluding carboxylic acids is 3. The molecule has 3 amide bonds. The molecule has 2 aromatic rings. The lowest BCUT2D eigenvalue weighted by atomic mass is 9.82. The molecule has 32 heavy (non-hydrogen) atoms. The second-order valence-corrected chi connectivity index (χ2v) is 8.28. The number of unbranched alkanes of at least 4 members (excludes halogenated alkanes) is 1. The van der Waals surface area contributed by atoms with Crippen LogP contribution in [0.5, 0.6) is 5.75 Å². The summed E-state index contributed by atoms with van der Waals surface area (Å²) in [5.74, 6) is -0.414. The van der Waals surface area contributed by atoms with Crippen molar-refractivity contribution >= 4 is 23.4 Å². The number of hydrogen-bond donors (Lipinski definition) is 3. The minimum atomic E-state index is -0.476. The van der Waals surface area contributed by atoms with E-state index in [-0.39, 0.29) is 17.9 Å². The molecule has 0 heterocycles. The molecule has 0 fully saturated rings. The van der Waals surface area contributed by atoms with Gasteiger partial charge in [0.15, 0.2) is 6.61 Å². The van der Waals surface area contributed by atoms with E-state index in [1.165, 1.54) is 5.56 Å². The van der Waals surface area contributed by atoms with Crippen molar-refractivity contribution in [1.29, 1.82) is 0 Å². The van der Waals surface area contributed by atoms with E-state index in [2.05, 4.69) is 36.9 Å². The zero-order valence-electron chi connectivity index (χ0n) is 19.3. The second-order valence-electron chi connectivity index (χ2n) is 8.28. The van der Waals surface area contributed by atoms with Crippen molar-refractivity contribution in [1.82, 2.24) is 10.9 Å². The van der Waals surface area contributed by atoms with E-state index in [1.54, 1.807) is 24.3 Å².